The van der Waals surface area contributed by atoms with Crippen molar-refractivity contribution in [2.24, 2.45) is 11.8 Å². The third kappa shape index (κ3) is 4.13. The molecule has 0 radical (unpaired) electrons. The van der Waals surface area contributed by atoms with Crippen LogP contribution in [0, 0.1) is 11.8 Å². The van der Waals surface area contributed by atoms with Crippen LogP contribution in [-0.2, 0) is 23.9 Å². The average molecular weight is 492 g/mol. The third-order valence-corrected chi connectivity index (χ3v) is 6.37. The van der Waals surface area contributed by atoms with Crippen molar-refractivity contribution in [2.45, 2.75) is 33.1 Å². The van der Waals surface area contributed by atoms with Crippen molar-refractivity contribution in [3.8, 4) is 5.75 Å². The van der Waals surface area contributed by atoms with Gasteiger partial charge in [0, 0.05) is 22.9 Å². The largest absolute Gasteiger partial charge is 0.496 e. The summed E-state index contributed by atoms with van der Waals surface area (Å²) in [4.78, 5) is 38.9. The maximum atomic E-state index is 13.6. The van der Waals surface area contributed by atoms with Gasteiger partial charge in [-0.2, -0.15) is 0 Å². The fourth-order valence-corrected chi connectivity index (χ4v) is 4.91. The highest BCUT2D eigenvalue weighted by molar-refractivity contribution is 9.10. The molecule has 0 bridgehead atoms. The van der Waals surface area contributed by atoms with Gasteiger partial charge in [-0.1, -0.05) is 13.0 Å². The highest BCUT2D eigenvalue weighted by atomic mass is 79.9. The molecular formula is C23H26BrNO6. The number of allylic oxidation sites excluding steroid dienone is 3. The number of rotatable bonds is 5. The normalized spacial score (nSPS) is 23.2. The van der Waals surface area contributed by atoms with Gasteiger partial charge in [0.15, 0.2) is 5.78 Å². The molecule has 1 aromatic carbocycles. The zero-order valence-electron chi connectivity index (χ0n) is 18.2. The molecule has 8 heteroatoms. The summed E-state index contributed by atoms with van der Waals surface area (Å²) in [6.07, 6.45) is 0.488. The molecule has 166 valence electrons. The van der Waals surface area contributed by atoms with Crippen molar-refractivity contribution < 1.29 is 28.6 Å². The molecule has 0 aromatic heterocycles. The Morgan fingerprint density at radius 1 is 1.26 bits per heavy atom. The summed E-state index contributed by atoms with van der Waals surface area (Å²) in [6.45, 7) is 5.58. The summed E-state index contributed by atoms with van der Waals surface area (Å²) in [5, 5.41) is 3.23. The lowest BCUT2D eigenvalue weighted by Crippen LogP contribution is -2.43. The van der Waals surface area contributed by atoms with Gasteiger partial charge in [0.05, 0.1) is 30.9 Å². The quantitative estimate of drug-likeness (QED) is 0.496. The second-order valence-corrected chi connectivity index (χ2v) is 8.50. The van der Waals surface area contributed by atoms with Crippen LogP contribution in [0.3, 0.4) is 0 Å². The maximum Gasteiger partial charge on any atom is 0.336 e. The van der Waals surface area contributed by atoms with E-state index in [-0.39, 0.29) is 18.3 Å². The van der Waals surface area contributed by atoms with Gasteiger partial charge in [0.25, 0.3) is 0 Å². The van der Waals surface area contributed by atoms with Gasteiger partial charge in [0.2, 0.25) is 0 Å². The number of Topliss-reactive ketones (excluding diaryl/α,β-unsaturated/α-hetero) is 1. The Morgan fingerprint density at radius 3 is 2.55 bits per heavy atom. The number of halogens is 1. The highest BCUT2D eigenvalue weighted by Gasteiger charge is 2.47. The van der Waals surface area contributed by atoms with E-state index in [1.54, 1.807) is 27.0 Å². The van der Waals surface area contributed by atoms with Crippen molar-refractivity contribution in [3.05, 3.63) is 50.8 Å². The molecule has 7 nitrogen and oxygen atoms in total. The van der Waals surface area contributed by atoms with Gasteiger partial charge in [-0.05, 0) is 59.8 Å². The molecule has 0 spiro atoms. The first-order chi connectivity index (χ1) is 14.7. The number of ether oxygens (including phenoxy) is 3. The van der Waals surface area contributed by atoms with Crippen LogP contribution in [0.5, 0.6) is 5.75 Å². The van der Waals surface area contributed by atoms with Crippen LogP contribution in [0.4, 0.5) is 0 Å². The molecule has 0 amide bonds. The minimum atomic E-state index is -0.920. The van der Waals surface area contributed by atoms with E-state index in [0.717, 1.165) is 11.3 Å². The number of ketones is 1. The first kappa shape index (κ1) is 23.1. The summed E-state index contributed by atoms with van der Waals surface area (Å²) in [7, 11) is 2.84. The van der Waals surface area contributed by atoms with E-state index in [2.05, 4.69) is 21.2 Å². The minimum absolute atomic E-state index is 0.205. The van der Waals surface area contributed by atoms with Gasteiger partial charge in [-0.25, -0.2) is 4.79 Å². The number of nitrogens with one attached hydrogen (secondary N) is 1. The first-order valence-electron chi connectivity index (χ1n) is 10.1. The second kappa shape index (κ2) is 9.26. The zero-order valence-corrected chi connectivity index (χ0v) is 19.8. The van der Waals surface area contributed by atoms with Crippen molar-refractivity contribution >= 4 is 33.7 Å². The standard InChI is InChI=1S/C23H26BrNO6/c1-6-31-23(28)18-12(3)25-15-9-11(2)17(22(27)30-5)21(26)20(15)19(18)13-7-8-16(29-4)14(24)10-13/h7-8,10-11,17,19,25H,6,9H2,1-5H3/t11-,17+,19-/m1/s1. The van der Waals surface area contributed by atoms with Gasteiger partial charge in [-0.15, -0.1) is 0 Å². The molecule has 1 N–H and O–H groups in total. The van der Waals surface area contributed by atoms with Crippen molar-refractivity contribution in [1.29, 1.82) is 0 Å². The summed E-state index contributed by atoms with van der Waals surface area (Å²) in [5.41, 5.74) is 2.82. The molecule has 1 aliphatic carbocycles. The molecule has 1 aromatic rings. The van der Waals surface area contributed by atoms with Crippen molar-refractivity contribution in [3.63, 3.8) is 0 Å². The second-order valence-electron chi connectivity index (χ2n) is 7.65. The number of hydrogen-bond acceptors (Lipinski definition) is 7. The van der Waals surface area contributed by atoms with E-state index >= 15 is 0 Å². The Bertz CT molecular complexity index is 996. The number of esters is 2. The van der Waals surface area contributed by atoms with Crippen LogP contribution in [0.25, 0.3) is 0 Å². The lowest BCUT2D eigenvalue weighted by atomic mass is 9.69. The Hall–Kier alpha value is -2.61. The number of carbonyl (C=O) groups is 3. The molecular weight excluding hydrogens is 466 g/mol. The summed E-state index contributed by atoms with van der Waals surface area (Å²) in [6, 6.07) is 5.41. The average Bonchev–Trinajstić information content (AvgIpc) is 2.72. The smallest absolute Gasteiger partial charge is 0.336 e. The van der Waals surface area contributed by atoms with E-state index in [0.29, 0.717) is 33.5 Å². The SMILES string of the molecule is CCOC(=O)C1=C(C)NC2=C(C(=O)[C@@H](C(=O)OC)[C@H](C)C2)[C@@H]1c1ccc(OC)c(Br)c1. The Morgan fingerprint density at radius 2 is 1.97 bits per heavy atom. The summed E-state index contributed by atoms with van der Waals surface area (Å²) < 4.78 is 16.2. The lowest BCUT2D eigenvalue weighted by molar-refractivity contribution is -0.151. The van der Waals surface area contributed by atoms with Crippen LogP contribution >= 0.6 is 15.9 Å². The van der Waals surface area contributed by atoms with E-state index in [1.165, 1.54) is 7.11 Å². The predicted molar refractivity (Wildman–Crippen MR) is 117 cm³/mol. The predicted octanol–water partition coefficient (Wildman–Crippen LogP) is 3.63. The molecule has 3 atom stereocenters. The van der Waals surface area contributed by atoms with Crippen LogP contribution < -0.4 is 10.1 Å². The molecule has 2 aliphatic rings. The lowest BCUT2D eigenvalue weighted by Gasteiger charge is -2.38. The molecule has 3 rings (SSSR count). The van der Waals surface area contributed by atoms with Crippen LogP contribution in [0.1, 0.15) is 38.7 Å². The third-order valence-electron chi connectivity index (χ3n) is 5.75. The molecule has 0 unspecified atom stereocenters. The maximum absolute atomic E-state index is 13.6. The Kier molecular flexibility index (Phi) is 6.89. The number of methoxy groups -OCH3 is 2. The molecule has 1 heterocycles. The monoisotopic (exact) mass is 491 g/mol. The van der Waals surface area contributed by atoms with Crippen molar-refractivity contribution in [2.75, 3.05) is 20.8 Å². The van der Waals surface area contributed by atoms with Gasteiger partial charge in [-0.3, -0.25) is 9.59 Å². The summed E-state index contributed by atoms with van der Waals surface area (Å²) in [5.74, 6) is -2.60. The van der Waals surface area contributed by atoms with Gasteiger partial charge in [0.1, 0.15) is 11.7 Å². The van der Waals surface area contributed by atoms with E-state index in [1.807, 2.05) is 19.1 Å². The van der Waals surface area contributed by atoms with Gasteiger partial charge >= 0.3 is 11.9 Å². The number of hydrogen-bond donors (Lipinski definition) is 1. The first-order valence-corrected chi connectivity index (χ1v) is 10.9. The topological polar surface area (TPSA) is 90.9 Å². The summed E-state index contributed by atoms with van der Waals surface area (Å²) >= 11 is 3.49. The van der Waals surface area contributed by atoms with Crippen LogP contribution in [0.2, 0.25) is 0 Å². The molecule has 0 saturated heterocycles. The van der Waals surface area contributed by atoms with E-state index in [4.69, 9.17) is 14.2 Å². The number of carbonyl (C=O) groups excluding carboxylic acids is 3. The highest BCUT2D eigenvalue weighted by Crippen LogP contribution is 2.46. The Labute approximate surface area is 189 Å². The minimum Gasteiger partial charge on any atom is -0.496 e. The fraction of sp³-hybridized carbons (Fsp3) is 0.435. The fourth-order valence-electron chi connectivity index (χ4n) is 4.36. The molecule has 0 fully saturated rings. The molecule has 0 saturated carbocycles. The molecule has 31 heavy (non-hydrogen) atoms. The molecule has 1 aliphatic heterocycles. The van der Waals surface area contributed by atoms with Crippen molar-refractivity contribution in [1.82, 2.24) is 5.32 Å². The van der Waals surface area contributed by atoms with E-state index in [9.17, 15) is 14.4 Å². The number of dihydropyridines is 1. The van der Waals surface area contributed by atoms with Crippen LogP contribution in [-0.4, -0.2) is 38.5 Å². The van der Waals surface area contributed by atoms with Crippen LogP contribution in [0.15, 0.2) is 45.2 Å². The van der Waals surface area contributed by atoms with E-state index < -0.39 is 23.8 Å². The zero-order chi connectivity index (χ0) is 22.9. The van der Waals surface area contributed by atoms with Gasteiger partial charge < -0.3 is 19.5 Å². The Balaban J connectivity index is 2.21. The number of benzene rings is 1.